The summed E-state index contributed by atoms with van der Waals surface area (Å²) in [5, 5.41) is 19.9. The Balaban J connectivity index is 2.24. The van der Waals surface area contributed by atoms with Crippen LogP contribution in [0.3, 0.4) is 0 Å². The van der Waals surface area contributed by atoms with E-state index in [1.54, 1.807) is 0 Å². The quantitative estimate of drug-likeness (QED) is 0.816. The molecule has 0 amide bonds. The van der Waals surface area contributed by atoms with Crippen molar-refractivity contribution in [2.24, 2.45) is 0 Å². The molecule has 0 bridgehead atoms. The van der Waals surface area contributed by atoms with Crippen LogP contribution in [-0.4, -0.2) is 26.3 Å². The first-order chi connectivity index (χ1) is 8.70. The minimum Gasteiger partial charge on any atom is -0.491 e. The molecule has 1 aromatic heterocycles. The molecule has 0 aliphatic heterocycles. The summed E-state index contributed by atoms with van der Waals surface area (Å²) in [4.78, 5) is 0. The van der Waals surface area contributed by atoms with E-state index in [1.165, 1.54) is 4.68 Å². The average Bonchev–Trinajstić information content (AvgIpc) is 2.78. The monoisotopic (exact) mass is 243 g/mol. The van der Waals surface area contributed by atoms with Crippen LogP contribution in [0.1, 0.15) is 13.8 Å². The Kier molecular flexibility index (Phi) is 3.53. The van der Waals surface area contributed by atoms with Crippen molar-refractivity contribution in [1.82, 2.24) is 20.2 Å². The van der Waals surface area contributed by atoms with Gasteiger partial charge < -0.3 is 4.74 Å². The number of tetrazole rings is 1. The van der Waals surface area contributed by atoms with Crippen molar-refractivity contribution in [3.63, 3.8) is 0 Å². The van der Waals surface area contributed by atoms with E-state index >= 15 is 0 Å². The van der Waals surface area contributed by atoms with E-state index in [0.717, 1.165) is 11.3 Å². The summed E-state index contributed by atoms with van der Waals surface area (Å²) in [6.45, 7) is 4.08. The van der Waals surface area contributed by atoms with Gasteiger partial charge in [-0.2, -0.15) is 5.26 Å². The summed E-state index contributed by atoms with van der Waals surface area (Å²) >= 11 is 0. The third kappa shape index (κ3) is 2.63. The van der Waals surface area contributed by atoms with Gasteiger partial charge in [0.2, 0.25) is 0 Å². The van der Waals surface area contributed by atoms with Gasteiger partial charge in [0.1, 0.15) is 12.3 Å². The molecule has 0 radical (unpaired) electrons. The molecule has 2 rings (SSSR count). The van der Waals surface area contributed by atoms with Crippen molar-refractivity contribution in [1.29, 1.82) is 5.26 Å². The van der Waals surface area contributed by atoms with E-state index in [0.29, 0.717) is 5.82 Å². The van der Waals surface area contributed by atoms with Crippen LogP contribution in [0.25, 0.3) is 11.4 Å². The van der Waals surface area contributed by atoms with E-state index in [9.17, 15) is 0 Å². The Morgan fingerprint density at radius 1 is 1.33 bits per heavy atom. The third-order valence-corrected chi connectivity index (χ3v) is 2.24. The maximum absolute atomic E-state index is 8.67. The molecule has 0 N–H and O–H groups in total. The lowest BCUT2D eigenvalue weighted by atomic mass is 10.2. The first-order valence-electron chi connectivity index (χ1n) is 5.61. The maximum atomic E-state index is 8.67. The topological polar surface area (TPSA) is 76.6 Å². The second-order valence-electron chi connectivity index (χ2n) is 4.01. The summed E-state index contributed by atoms with van der Waals surface area (Å²) in [7, 11) is 0. The molecule has 0 saturated heterocycles. The fourth-order valence-electron chi connectivity index (χ4n) is 1.54. The van der Waals surface area contributed by atoms with Gasteiger partial charge in [0.05, 0.1) is 12.2 Å². The van der Waals surface area contributed by atoms with Crippen LogP contribution >= 0.6 is 0 Å². The van der Waals surface area contributed by atoms with Crippen LogP contribution in [0.15, 0.2) is 24.3 Å². The Labute approximate surface area is 105 Å². The smallest absolute Gasteiger partial charge is 0.183 e. The molecule has 2 aromatic rings. The zero-order valence-electron chi connectivity index (χ0n) is 10.2. The van der Waals surface area contributed by atoms with Gasteiger partial charge in [0.15, 0.2) is 5.82 Å². The molecule has 0 saturated carbocycles. The van der Waals surface area contributed by atoms with Gasteiger partial charge >= 0.3 is 0 Å². The summed E-state index contributed by atoms with van der Waals surface area (Å²) < 4.78 is 7.01. The van der Waals surface area contributed by atoms with Crippen LogP contribution in [0.2, 0.25) is 0 Å². The Morgan fingerprint density at radius 3 is 2.67 bits per heavy atom. The van der Waals surface area contributed by atoms with Crippen LogP contribution in [0.4, 0.5) is 0 Å². The van der Waals surface area contributed by atoms with E-state index in [1.807, 2.05) is 44.2 Å². The first kappa shape index (κ1) is 12.0. The largest absolute Gasteiger partial charge is 0.491 e. The molecule has 0 fully saturated rings. The van der Waals surface area contributed by atoms with E-state index in [-0.39, 0.29) is 12.6 Å². The SMILES string of the molecule is CC(C)Oc1ccc(-c2nnnn2CC#N)cc1. The lowest BCUT2D eigenvalue weighted by Crippen LogP contribution is -2.05. The first-order valence-corrected chi connectivity index (χ1v) is 5.61. The predicted molar refractivity (Wildman–Crippen MR) is 64.6 cm³/mol. The lowest BCUT2D eigenvalue weighted by molar-refractivity contribution is 0.242. The molecular weight excluding hydrogens is 230 g/mol. The van der Waals surface area contributed by atoms with Gasteiger partial charge in [0, 0.05) is 5.56 Å². The average molecular weight is 243 g/mol. The Hall–Kier alpha value is -2.42. The molecule has 6 nitrogen and oxygen atoms in total. The predicted octanol–water partition coefficient (Wildman–Crippen LogP) is 1.65. The molecule has 0 unspecified atom stereocenters. The summed E-state index contributed by atoms with van der Waals surface area (Å²) in [6, 6.07) is 9.48. The number of hydrogen-bond acceptors (Lipinski definition) is 5. The Morgan fingerprint density at radius 2 is 2.06 bits per heavy atom. The van der Waals surface area contributed by atoms with Crippen molar-refractivity contribution >= 4 is 0 Å². The number of ether oxygens (including phenoxy) is 1. The molecule has 6 heteroatoms. The van der Waals surface area contributed by atoms with Crippen molar-refractivity contribution in [2.45, 2.75) is 26.5 Å². The van der Waals surface area contributed by atoms with Crippen molar-refractivity contribution in [3.05, 3.63) is 24.3 Å². The highest BCUT2D eigenvalue weighted by Crippen LogP contribution is 2.20. The second kappa shape index (κ2) is 5.27. The van der Waals surface area contributed by atoms with Gasteiger partial charge in [-0.25, -0.2) is 4.68 Å². The summed E-state index contributed by atoms with van der Waals surface area (Å²) in [5.41, 5.74) is 0.853. The van der Waals surface area contributed by atoms with Crippen molar-refractivity contribution in [2.75, 3.05) is 0 Å². The Bertz CT molecular complexity index is 553. The molecule has 1 aromatic carbocycles. The fraction of sp³-hybridized carbons (Fsp3) is 0.333. The molecule has 0 aliphatic carbocycles. The number of hydrogen-bond donors (Lipinski definition) is 0. The maximum Gasteiger partial charge on any atom is 0.183 e. The second-order valence-corrected chi connectivity index (χ2v) is 4.01. The van der Waals surface area contributed by atoms with Crippen molar-refractivity contribution in [3.8, 4) is 23.2 Å². The molecule has 0 aliphatic rings. The van der Waals surface area contributed by atoms with Crippen molar-refractivity contribution < 1.29 is 4.74 Å². The van der Waals surface area contributed by atoms with Gasteiger partial charge in [0.25, 0.3) is 0 Å². The number of rotatable bonds is 4. The molecular formula is C12H13N5O. The minimum absolute atomic E-state index is 0.132. The van der Waals surface area contributed by atoms with Crippen LogP contribution in [0, 0.1) is 11.3 Å². The summed E-state index contributed by atoms with van der Waals surface area (Å²) in [6.07, 6.45) is 0.139. The fourth-order valence-corrected chi connectivity index (χ4v) is 1.54. The van der Waals surface area contributed by atoms with Gasteiger partial charge in [-0.1, -0.05) is 0 Å². The molecule has 0 spiro atoms. The highest BCUT2D eigenvalue weighted by atomic mass is 16.5. The number of benzene rings is 1. The normalized spacial score (nSPS) is 10.3. The van der Waals surface area contributed by atoms with E-state index in [2.05, 4.69) is 15.5 Å². The molecule has 92 valence electrons. The highest BCUT2D eigenvalue weighted by Gasteiger charge is 2.08. The zero-order chi connectivity index (χ0) is 13.0. The van der Waals surface area contributed by atoms with Crippen LogP contribution < -0.4 is 4.74 Å². The number of aromatic nitrogens is 4. The zero-order valence-corrected chi connectivity index (χ0v) is 10.2. The standard InChI is InChI=1S/C12H13N5O/c1-9(2)18-11-5-3-10(4-6-11)12-14-15-16-17(12)8-7-13/h3-6,9H,8H2,1-2H3. The van der Waals surface area contributed by atoms with Gasteiger partial charge in [-0.15, -0.1) is 5.10 Å². The van der Waals surface area contributed by atoms with Gasteiger partial charge in [-0.05, 0) is 48.5 Å². The number of nitrogens with zero attached hydrogens (tertiary/aromatic N) is 5. The minimum atomic E-state index is 0.132. The van der Waals surface area contributed by atoms with E-state index in [4.69, 9.17) is 10.00 Å². The van der Waals surface area contributed by atoms with Crippen LogP contribution in [-0.2, 0) is 6.54 Å². The molecule has 18 heavy (non-hydrogen) atoms. The highest BCUT2D eigenvalue weighted by molar-refractivity contribution is 5.55. The summed E-state index contributed by atoms with van der Waals surface area (Å²) in [5.74, 6) is 1.38. The molecule has 1 heterocycles. The van der Waals surface area contributed by atoms with E-state index < -0.39 is 0 Å². The molecule has 0 atom stereocenters. The lowest BCUT2D eigenvalue weighted by Gasteiger charge is -2.09. The van der Waals surface area contributed by atoms with Gasteiger partial charge in [-0.3, -0.25) is 0 Å². The third-order valence-electron chi connectivity index (χ3n) is 2.24. The number of nitriles is 1. The van der Waals surface area contributed by atoms with Crippen LogP contribution in [0.5, 0.6) is 5.75 Å².